The van der Waals surface area contributed by atoms with Crippen molar-refractivity contribution in [3.63, 3.8) is 0 Å². The molecule has 1 aliphatic heterocycles. The zero-order valence-corrected chi connectivity index (χ0v) is 3.46. The van der Waals surface area contributed by atoms with Gasteiger partial charge in [0.1, 0.15) is 0 Å². The Morgan fingerprint density at radius 3 is 2.14 bits per heavy atom. The number of nitrogens with zero attached hydrogens (tertiary/aromatic N) is 2. The first-order chi connectivity index (χ1) is 3.47. The summed E-state index contributed by atoms with van der Waals surface area (Å²) in [5, 5.41) is 0. The molecular formula is C4H2N2O. The van der Waals surface area contributed by atoms with E-state index in [4.69, 9.17) is 4.74 Å². The maximum Gasteiger partial charge on any atom is 0.285 e. The van der Waals surface area contributed by atoms with Crippen LogP contribution in [0, 0.1) is 0 Å². The van der Waals surface area contributed by atoms with Crippen molar-refractivity contribution in [1.82, 2.24) is 9.97 Å². The summed E-state index contributed by atoms with van der Waals surface area (Å²) in [5.74, 6) is 1.34. The smallest absolute Gasteiger partial charge is 0.285 e. The highest BCUT2D eigenvalue weighted by molar-refractivity contribution is 5.40. The van der Waals surface area contributed by atoms with E-state index >= 15 is 0 Å². The summed E-state index contributed by atoms with van der Waals surface area (Å²) >= 11 is 0. The van der Waals surface area contributed by atoms with Gasteiger partial charge in [-0.25, -0.2) is 9.97 Å². The van der Waals surface area contributed by atoms with Crippen molar-refractivity contribution in [2.75, 3.05) is 0 Å². The summed E-state index contributed by atoms with van der Waals surface area (Å²) in [6, 6.07) is 0. The largest absolute Gasteiger partial charge is 0.410 e. The van der Waals surface area contributed by atoms with Crippen molar-refractivity contribution in [2.24, 2.45) is 0 Å². The molecule has 3 nitrogen and oxygen atoms in total. The summed E-state index contributed by atoms with van der Waals surface area (Å²) < 4.78 is 4.72. The van der Waals surface area contributed by atoms with Crippen LogP contribution >= 0.6 is 0 Å². The molecule has 0 fully saturated rings. The molecule has 0 saturated carbocycles. The maximum atomic E-state index is 4.72. The fraction of sp³-hybridized carbons (Fsp3) is 0. The van der Waals surface area contributed by atoms with Gasteiger partial charge in [-0.2, -0.15) is 0 Å². The SMILES string of the molecule is c1cnc2c(n1)O2. The van der Waals surface area contributed by atoms with Gasteiger partial charge in [0.25, 0.3) is 11.8 Å². The Bertz CT molecular complexity index is 178. The average molecular weight is 94.1 g/mol. The minimum Gasteiger partial charge on any atom is -0.410 e. The topological polar surface area (TPSA) is 38.3 Å². The number of hydrogen-bond acceptors (Lipinski definition) is 3. The molecule has 0 amide bonds. The molecule has 0 aliphatic carbocycles. The lowest BCUT2D eigenvalue weighted by Crippen LogP contribution is -1.57. The lowest BCUT2D eigenvalue weighted by molar-refractivity contribution is 0.622. The third-order valence-electron chi connectivity index (χ3n) is 0.785. The van der Waals surface area contributed by atoms with Gasteiger partial charge in [-0.1, -0.05) is 0 Å². The van der Waals surface area contributed by atoms with Crippen LogP contribution in [-0.4, -0.2) is 9.97 Å². The van der Waals surface area contributed by atoms with E-state index in [0.717, 1.165) is 0 Å². The van der Waals surface area contributed by atoms with Crippen LogP contribution in [0.25, 0.3) is 0 Å². The second-order valence-electron chi connectivity index (χ2n) is 1.27. The van der Waals surface area contributed by atoms with E-state index < -0.39 is 0 Å². The lowest BCUT2D eigenvalue weighted by Gasteiger charge is -1.61. The molecule has 2 heterocycles. The average Bonchev–Trinajstić information content (AvgIpc) is 2.41. The van der Waals surface area contributed by atoms with Gasteiger partial charge in [-0.15, -0.1) is 0 Å². The predicted octanol–water partition coefficient (Wildman–Crippen LogP) is 0.582. The van der Waals surface area contributed by atoms with Crippen molar-refractivity contribution in [3.05, 3.63) is 12.4 Å². The van der Waals surface area contributed by atoms with Crippen LogP contribution in [-0.2, 0) is 0 Å². The van der Waals surface area contributed by atoms with E-state index in [1.807, 2.05) is 0 Å². The molecule has 7 heavy (non-hydrogen) atoms. The Hall–Kier alpha value is -1.12. The zero-order chi connectivity index (χ0) is 4.69. The highest BCUT2D eigenvalue weighted by Crippen LogP contribution is 2.38. The second-order valence-corrected chi connectivity index (χ2v) is 1.27. The van der Waals surface area contributed by atoms with Crippen molar-refractivity contribution >= 4 is 0 Å². The van der Waals surface area contributed by atoms with Crippen LogP contribution < -0.4 is 4.74 Å². The van der Waals surface area contributed by atoms with Crippen molar-refractivity contribution in [2.45, 2.75) is 0 Å². The van der Waals surface area contributed by atoms with Crippen LogP contribution in [0.5, 0.6) is 11.8 Å². The summed E-state index contributed by atoms with van der Waals surface area (Å²) in [4.78, 5) is 7.57. The molecule has 1 aromatic rings. The predicted molar refractivity (Wildman–Crippen MR) is 22.1 cm³/mol. The molecule has 3 heteroatoms. The Morgan fingerprint density at radius 1 is 1.14 bits per heavy atom. The first-order valence-electron chi connectivity index (χ1n) is 1.96. The van der Waals surface area contributed by atoms with E-state index in [0.29, 0.717) is 11.8 Å². The fourth-order valence-corrected chi connectivity index (χ4v) is 0.431. The highest BCUT2D eigenvalue weighted by Gasteiger charge is 2.21. The summed E-state index contributed by atoms with van der Waals surface area (Å²) in [6.07, 6.45) is 3.21. The standard InChI is InChI=1S/C4H2N2O/c1-2-6-4-3(5-1)7-4/h1-2H. The molecule has 0 spiro atoms. The molecule has 1 aliphatic rings. The fourth-order valence-electron chi connectivity index (χ4n) is 0.431. The Balaban J connectivity index is 2.73. The summed E-state index contributed by atoms with van der Waals surface area (Å²) in [5.41, 5.74) is 0. The summed E-state index contributed by atoms with van der Waals surface area (Å²) in [7, 11) is 0. The minimum absolute atomic E-state index is 0.669. The second kappa shape index (κ2) is 0.753. The molecule has 0 atom stereocenters. The third-order valence-corrected chi connectivity index (χ3v) is 0.785. The Kier molecular flexibility index (Phi) is 0.318. The first kappa shape index (κ1) is 2.96. The molecule has 2 rings (SSSR count). The molecular weight excluding hydrogens is 92.1 g/mol. The lowest BCUT2D eigenvalue weighted by atomic mass is 10.8. The number of fused-ring (bicyclic) bond motifs is 1. The molecule has 34 valence electrons. The van der Waals surface area contributed by atoms with Crippen LogP contribution in [0.2, 0.25) is 0 Å². The zero-order valence-electron chi connectivity index (χ0n) is 3.46. The molecule has 0 bridgehead atoms. The molecule has 1 aromatic heterocycles. The normalized spacial score (nSPS) is 12.0. The van der Waals surface area contributed by atoms with E-state index in [9.17, 15) is 0 Å². The van der Waals surface area contributed by atoms with Crippen LogP contribution in [0.15, 0.2) is 12.4 Å². The monoisotopic (exact) mass is 94.0 g/mol. The van der Waals surface area contributed by atoms with Gasteiger partial charge in [-0.05, 0) is 0 Å². The van der Waals surface area contributed by atoms with Gasteiger partial charge in [0, 0.05) is 12.4 Å². The first-order valence-corrected chi connectivity index (χ1v) is 1.96. The Morgan fingerprint density at radius 2 is 1.71 bits per heavy atom. The molecule has 0 N–H and O–H groups in total. The van der Waals surface area contributed by atoms with Crippen molar-refractivity contribution in [3.8, 4) is 11.8 Å². The van der Waals surface area contributed by atoms with E-state index in [2.05, 4.69) is 9.97 Å². The molecule has 0 radical (unpaired) electrons. The highest BCUT2D eigenvalue weighted by atomic mass is 16.6. The van der Waals surface area contributed by atoms with Crippen LogP contribution in [0.4, 0.5) is 0 Å². The third kappa shape index (κ3) is 0.287. The van der Waals surface area contributed by atoms with Gasteiger partial charge < -0.3 is 4.74 Å². The van der Waals surface area contributed by atoms with Gasteiger partial charge in [0.15, 0.2) is 0 Å². The number of aromatic nitrogens is 2. The minimum atomic E-state index is 0.669. The maximum absolute atomic E-state index is 4.72. The quantitative estimate of drug-likeness (QED) is 0.448. The number of rotatable bonds is 0. The summed E-state index contributed by atoms with van der Waals surface area (Å²) in [6.45, 7) is 0. The van der Waals surface area contributed by atoms with Gasteiger partial charge >= 0.3 is 0 Å². The van der Waals surface area contributed by atoms with Crippen LogP contribution in [0.3, 0.4) is 0 Å². The molecule has 0 unspecified atom stereocenters. The van der Waals surface area contributed by atoms with Gasteiger partial charge in [0.2, 0.25) is 0 Å². The number of hydrogen-bond donors (Lipinski definition) is 0. The van der Waals surface area contributed by atoms with Crippen molar-refractivity contribution in [1.29, 1.82) is 0 Å². The van der Waals surface area contributed by atoms with Crippen molar-refractivity contribution < 1.29 is 4.74 Å². The number of ether oxygens (including phenoxy) is 1. The van der Waals surface area contributed by atoms with E-state index in [1.54, 1.807) is 12.4 Å². The Labute approximate surface area is 40.0 Å². The van der Waals surface area contributed by atoms with E-state index in [-0.39, 0.29) is 0 Å². The van der Waals surface area contributed by atoms with Gasteiger partial charge in [-0.3, -0.25) is 0 Å². The van der Waals surface area contributed by atoms with Gasteiger partial charge in [0.05, 0.1) is 0 Å². The van der Waals surface area contributed by atoms with E-state index in [1.165, 1.54) is 0 Å². The molecule has 0 saturated heterocycles. The molecule has 0 aromatic carbocycles. The van der Waals surface area contributed by atoms with Crippen LogP contribution in [0.1, 0.15) is 0 Å².